The van der Waals surface area contributed by atoms with Gasteiger partial charge in [-0.2, -0.15) is 0 Å². The summed E-state index contributed by atoms with van der Waals surface area (Å²) in [7, 11) is 0. The van der Waals surface area contributed by atoms with Crippen LogP contribution < -0.4 is 9.80 Å². The Bertz CT molecular complexity index is 1840. The monoisotopic (exact) mass is 564 g/mol. The second-order valence-corrected chi connectivity index (χ2v) is 11.3. The molecule has 0 N–H and O–H groups in total. The van der Waals surface area contributed by atoms with Crippen molar-refractivity contribution >= 4 is 34.1 Å². The molecule has 8 rings (SSSR count). The number of hydrogen-bond donors (Lipinski definition) is 0. The van der Waals surface area contributed by atoms with E-state index in [1.807, 2.05) is 0 Å². The predicted octanol–water partition coefficient (Wildman–Crippen LogP) is 10.8. The van der Waals surface area contributed by atoms with Crippen molar-refractivity contribution in [3.63, 3.8) is 0 Å². The number of benzene rings is 6. The number of para-hydroxylation sites is 2. The van der Waals surface area contributed by atoms with Crippen molar-refractivity contribution in [1.82, 2.24) is 0 Å². The Kier molecular flexibility index (Phi) is 6.66. The van der Waals surface area contributed by atoms with Gasteiger partial charge in [-0.1, -0.05) is 121 Å². The molecular formula is C42H32N2. The van der Waals surface area contributed by atoms with Gasteiger partial charge in [0.05, 0.1) is 0 Å². The largest absolute Gasteiger partial charge is 0.310 e. The second kappa shape index (κ2) is 11.2. The minimum atomic E-state index is 0.960. The zero-order valence-corrected chi connectivity index (χ0v) is 24.5. The van der Waals surface area contributed by atoms with Gasteiger partial charge in [0, 0.05) is 45.3 Å². The molecule has 0 aromatic heterocycles. The van der Waals surface area contributed by atoms with Crippen LogP contribution in [-0.2, 0) is 12.8 Å². The van der Waals surface area contributed by atoms with Gasteiger partial charge in [-0.05, 0) is 83.6 Å². The molecule has 0 radical (unpaired) electrons. The zero-order chi connectivity index (χ0) is 29.3. The van der Waals surface area contributed by atoms with Crippen LogP contribution in [0.1, 0.15) is 22.3 Å². The van der Waals surface area contributed by atoms with Gasteiger partial charge in [-0.15, -0.1) is 0 Å². The molecule has 210 valence electrons. The molecule has 0 fully saturated rings. The van der Waals surface area contributed by atoms with E-state index in [0.717, 1.165) is 35.6 Å². The van der Waals surface area contributed by atoms with Crippen molar-refractivity contribution in [2.75, 3.05) is 9.80 Å². The smallest absolute Gasteiger partial charge is 0.0500 e. The molecule has 0 saturated carbocycles. The molecule has 0 spiro atoms. The van der Waals surface area contributed by atoms with Gasteiger partial charge in [-0.3, -0.25) is 0 Å². The van der Waals surface area contributed by atoms with Crippen LogP contribution in [0.25, 0.3) is 22.5 Å². The highest BCUT2D eigenvalue weighted by Crippen LogP contribution is 2.41. The first-order valence-corrected chi connectivity index (χ1v) is 15.3. The molecule has 2 heteroatoms. The van der Waals surface area contributed by atoms with Crippen LogP contribution in [0.15, 0.2) is 170 Å². The van der Waals surface area contributed by atoms with E-state index in [1.54, 1.807) is 0 Å². The molecule has 0 bridgehead atoms. The number of fused-ring (bicyclic) bond motifs is 2. The van der Waals surface area contributed by atoms with Crippen molar-refractivity contribution in [1.29, 1.82) is 0 Å². The Balaban J connectivity index is 1.12. The van der Waals surface area contributed by atoms with Crippen molar-refractivity contribution in [2.45, 2.75) is 12.8 Å². The van der Waals surface area contributed by atoms with E-state index in [-0.39, 0.29) is 0 Å². The minimum Gasteiger partial charge on any atom is -0.310 e. The highest BCUT2D eigenvalue weighted by molar-refractivity contribution is 5.92. The van der Waals surface area contributed by atoms with E-state index in [1.165, 1.54) is 44.8 Å². The van der Waals surface area contributed by atoms with Crippen LogP contribution in [0.4, 0.5) is 22.7 Å². The van der Waals surface area contributed by atoms with Crippen LogP contribution in [0.2, 0.25) is 0 Å². The van der Waals surface area contributed by atoms with E-state index >= 15 is 0 Å². The third kappa shape index (κ3) is 4.71. The molecule has 6 aromatic rings. The number of hydrogen-bond acceptors (Lipinski definition) is 2. The normalized spacial score (nSPS) is 13.1. The Morgan fingerprint density at radius 1 is 0.318 bits per heavy atom. The molecule has 44 heavy (non-hydrogen) atoms. The van der Waals surface area contributed by atoms with Crippen molar-refractivity contribution in [3.8, 4) is 11.1 Å². The first kappa shape index (κ1) is 26.1. The Labute approximate surface area is 259 Å². The SMILES string of the molecule is C1=C(N(c2ccccc2)c2ccc(-c3ccc(N(C4=CCc5ccccc54)c4ccccc4)cc3)cc2)c2ccccc2C1. The van der Waals surface area contributed by atoms with Gasteiger partial charge < -0.3 is 9.80 Å². The van der Waals surface area contributed by atoms with Gasteiger partial charge in [0.1, 0.15) is 0 Å². The summed E-state index contributed by atoms with van der Waals surface area (Å²) in [4.78, 5) is 4.76. The Morgan fingerprint density at radius 2 is 0.659 bits per heavy atom. The van der Waals surface area contributed by atoms with Crippen LogP contribution in [0.3, 0.4) is 0 Å². The summed E-state index contributed by atoms with van der Waals surface area (Å²) in [5.41, 5.74) is 14.9. The van der Waals surface area contributed by atoms with E-state index in [4.69, 9.17) is 0 Å². The molecule has 0 heterocycles. The summed E-state index contributed by atoms with van der Waals surface area (Å²) in [6, 6.07) is 56.7. The topological polar surface area (TPSA) is 6.48 Å². The van der Waals surface area contributed by atoms with Crippen molar-refractivity contribution in [2.24, 2.45) is 0 Å². The van der Waals surface area contributed by atoms with E-state index in [2.05, 4.69) is 180 Å². The average molecular weight is 565 g/mol. The predicted molar refractivity (Wildman–Crippen MR) is 185 cm³/mol. The summed E-state index contributed by atoms with van der Waals surface area (Å²) in [5, 5.41) is 0. The van der Waals surface area contributed by atoms with Gasteiger partial charge in [0.25, 0.3) is 0 Å². The molecular weight excluding hydrogens is 532 g/mol. The maximum Gasteiger partial charge on any atom is 0.0500 e. The Hall–Kier alpha value is -5.60. The highest BCUT2D eigenvalue weighted by Gasteiger charge is 2.23. The Morgan fingerprint density at radius 3 is 1.07 bits per heavy atom. The molecule has 6 aromatic carbocycles. The van der Waals surface area contributed by atoms with E-state index < -0.39 is 0 Å². The molecule has 0 saturated heterocycles. The van der Waals surface area contributed by atoms with E-state index in [0.29, 0.717) is 0 Å². The lowest BCUT2D eigenvalue weighted by molar-refractivity contribution is 1.29. The van der Waals surface area contributed by atoms with Crippen LogP contribution in [-0.4, -0.2) is 0 Å². The third-order valence-electron chi connectivity index (χ3n) is 8.71. The summed E-state index contributed by atoms with van der Waals surface area (Å²) in [5.74, 6) is 0. The van der Waals surface area contributed by atoms with Gasteiger partial charge in [-0.25, -0.2) is 0 Å². The molecule has 2 nitrogen and oxygen atoms in total. The minimum absolute atomic E-state index is 0.960. The van der Waals surface area contributed by atoms with Gasteiger partial charge >= 0.3 is 0 Å². The summed E-state index contributed by atoms with van der Waals surface area (Å²) in [6.45, 7) is 0. The standard InChI is InChI=1S/C42H32N2/c1-3-13-35(14-4-1)43(41-29-23-33-11-7-9-17-39(33)41)37-25-19-31(20-26-37)32-21-27-38(28-22-32)44(36-15-5-2-6-16-36)42-30-24-34-12-8-10-18-40(34)42/h1-22,25-30H,23-24H2. The zero-order valence-electron chi connectivity index (χ0n) is 24.5. The third-order valence-corrected chi connectivity index (χ3v) is 8.71. The number of rotatable bonds is 7. The molecule has 0 aliphatic heterocycles. The molecule has 2 aliphatic carbocycles. The lowest BCUT2D eigenvalue weighted by Gasteiger charge is -2.28. The lowest BCUT2D eigenvalue weighted by Crippen LogP contribution is -2.14. The quantitative estimate of drug-likeness (QED) is 0.190. The number of allylic oxidation sites excluding steroid dienone is 2. The molecule has 0 atom stereocenters. The molecule has 0 amide bonds. The maximum atomic E-state index is 2.38. The first-order chi connectivity index (χ1) is 21.8. The summed E-state index contributed by atoms with van der Waals surface area (Å²) in [6.07, 6.45) is 6.62. The summed E-state index contributed by atoms with van der Waals surface area (Å²) >= 11 is 0. The van der Waals surface area contributed by atoms with Gasteiger partial charge in [0.15, 0.2) is 0 Å². The number of anilines is 4. The van der Waals surface area contributed by atoms with Crippen LogP contribution in [0, 0.1) is 0 Å². The fraction of sp³-hybridized carbons (Fsp3) is 0.0476. The molecule has 0 unspecified atom stereocenters. The fourth-order valence-electron chi connectivity index (χ4n) is 6.57. The fourth-order valence-corrected chi connectivity index (χ4v) is 6.57. The second-order valence-electron chi connectivity index (χ2n) is 11.3. The number of nitrogens with zero attached hydrogens (tertiary/aromatic N) is 2. The van der Waals surface area contributed by atoms with E-state index in [9.17, 15) is 0 Å². The van der Waals surface area contributed by atoms with Crippen molar-refractivity contribution < 1.29 is 0 Å². The first-order valence-electron chi connectivity index (χ1n) is 15.3. The highest BCUT2D eigenvalue weighted by atomic mass is 15.2. The summed E-state index contributed by atoms with van der Waals surface area (Å²) < 4.78 is 0. The molecule has 2 aliphatic rings. The maximum absolute atomic E-state index is 2.38. The van der Waals surface area contributed by atoms with Crippen LogP contribution >= 0.6 is 0 Å². The van der Waals surface area contributed by atoms with Crippen LogP contribution in [0.5, 0.6) is 0 Å². The lowest BCUT2D eigenvalue weighted by atomic mass is 10.0. The average Bonchev–Trinajstić information content (AvgIpc) is 3.72. The van der Waals surface area contributed by atoms with Gasteiger partial charge in [0.2, 0.25) is 0 Å². The van der Waals surface area contributed by atoms with Crippen molar-refractivity contribution in [3.05, 3.63) is 192 Å².